The van der Waals surface area contributed by atoms with Crippen LogP contribution in [0.5, 0.6) is 5.75 Å². The van der Waals surface area contributed by atoms with E-state index in [1.54, 1.807) is 6.92 Å². The van der Waals surface area contributed by atoms with Crippen molar-refractivity contribution in [1.82, 2.24) is 5.32 Å². The number of nitrogens with two attached hydrogens (primary N) is 1. The summed E-state index contributed by atoms with van der Waals surface area (Å²) in [6, 6.07) is 7.74. The van der Waals surface area contributed by atoms with Gasteiger partial charge in [-0.2, -0.15) is 0 Å². The molecule has 0 bridgehead atoms. The van der Waals surface area contributed by atoms with Crippen LogP contribution in [0.4, 0.5) is 0 Å². The van der Waals surface area contributed by atoms with Crippen LogP contribution in [0.15, 0.2) is 24.3 Å². The molecule has 2 atom stereocenters. The van der Waals surface area contributed by atoms with Crippen LogP contribution >= 0.6 is 0 Å². The summed E-state index contributed by atoms with van der Waals surface area (Å²) in [6.07, 6.45) is 0.602. The van der Waals surface area contributed by atoms with Crippen molar-refractivity contribution in [2.45, 2.75) is 45.7 Å². The van der Waals surface area contributed by atoms with Crippen molar-refractivity contribution in [1.29, 1.82) is 0 Å². The highest BCUT2D eigenvalue weighted by atomic mass is 16.5. The molecule has 2 unspecified atom stereocenters. The molecule has 0 aliphatic rings. The zero-order chi connectivity index (χ0) is 14.5. The number of ether oxygens (including phenoxy) is 1. The Morgan fingerprint density at radius 1 is 1.42 bits per heavy atom. The predicted octanol–water partition coefficient (Wildman–Crippen LogP) is 2.01. The highest BCUT2D eigenvalue weighted by Gasteiger charge is 2.26. The lowest BCUT2D eigenvalue weighted by atomic mass is 9.99. The summed E-state index contributed by atoms with van der Waals surface area (Å²) < 4.78 is 5.61. The highest BCUT2D eigenvalue weighted by Crippen LogP contribution is 2.11. The lowest BCUT2D eigenvalue weighted by molar-refractivity contribution is -0.126. The van der Waals surface area contributed by atoms with Gasteiger partial charge in [-0.05, 0) is 39.3 Å². The first-order valence-electron chi connectivity index (χ1n) is 6.64. The fourth-order valence-electron chi connectivity index (χ4n) is 1.45. The number of hydrogen-bond donors (Lipinski definition) is 2. The van der Waals surface area contributed by atoms with E-state index in [0.29, 0.717) is 13.0 Å². The number of carbonyl (C=O) groups excluding carboxylic acids is 1. The molecule has 1 aromatic carbocycles. The highest BCUT2D eigenvalue weighted by molar-refractivity contribution is 5.85. The van der Waals surface area contributed by atoms with Gasteiger partial charge in [0.25, 0.3) is 0 Å². The molecule has 0 spiro atoms. The number of aryl methyl sites for hydroxylation is 1. The summed E-state index contributed by atoms with van der Waals surface area (Å²) in [5, 5.41) is 2.86. The minimum atomic E-state index is -0.821. The predicted molar refractivity (Wildman–Crippen MR) is 77.2 cm³/mol. The minimum Gasteiger partial charge on any atom is -0.491 e. The Kier molecular flexibility index (Phi) is 5.36. The molecule has 0 aliphatic heterocycles. The Bertz CT molecular complexity index is 413. The van der Waals surface area contributed by atoms with Crippen LogP contribution in [0.25, 0.3) is 0 Å². The van der Waals surface area contributed by atoms with Gasteiger partial charge in [0.1, 0.15) is 12.4 Å². The molecule has 1 amide bonds. The second kappa shape index (κ2) is 6.57. The first-order valence-corrected chi connectivity index (χ1v) is 6.64. The first kappa shape index (κ1) is 15.5. The van der Waals surface area contributed by atoms with E-state index < -0.39 is 5.54 Å². The topological polar surface area (TPSA) is 64.4 Å². The van der Waals surface area contributed by atoms with Crippen molar-refractivity contribution < 1.29 is 9.53 Å². The molecule has 19 heavy (non-hydrogen) atoms. The maximum absolute atomic E-state index is 11.9. The smallest absolute Gasteiger partial charge is 0.240 e. The molecule has 0 aliphatic carbocycles. The van der Waals surface area contributed by atoms with Gasteiger partial charge in [-0.25, -0.2) is 0 Å². The monoisotopic (exact) mass is 264 g/mol. The van der Waals surface area contributed by atoms with Crippen LogP contribution in [0.2, 0.25) is 0 Å². The summed E-state index contributed by atoms with van der Waals surface area (Å²) >= 11 is 0. The summed E-state index contributed by atoms with van der Waals surface area (Å²) in [6.45, 7) is 7.98. The standard InChI is InChI=1S/C15H24N2O2/c1-5-15(4,16)14(18)17-12(3)10-19-13-8-6-11(2)7-9-13/h6-9,12H,5,10,16H2,1-4H3,(H,17,18). The number of rotatable bonds is 6. The summed E-state index contributed by atoms with van der Waals surface area (Å²) in [5.41, 5.74) is 6.25. The molecular weight excluding hydrogens is 240 g/mol. The van der Waals surface area contributed by atoms with Gasteiger partial charge in [0.15, 0.2) is 0 Å². The van der Waals surface area contributed by atoms with Crippen molar-refractivity contribution >= 4 is 5.91 Å². The van der Waals surface area contributed by atoms with Gasteiger partial charge in [-0.3, -0.25) is 4.79 Å². The van der Waals surface area contributed by atoms with E-state index in [0.717, 1.165) is 5.75 Å². The summed E-state index contributed by atoms with van der Waals surface area (Å²) in [5.74, 6) is 0.660. The minimum absolute atomic E-state index is 0.0803. The van der Waals surface area contributed by atoms with Crippen molar-refractivity contribution in [3.63, 3.8) is 0 Å². The average molecular weight is 264 g/mol. The largest absolute Gasteiger partial charge is 0.491 e. The van der Waals surface area contributed by atoms with E-state index in [9.17, 15) is 4.79 Å². The lowest BCUT2D eigenvalue weighted by Gasteiger charge is -2.24. The normalized spacial score (nSPS) is 15.4. The maximum Gasteiger partial charge on any atom is 0.240 e. The van der Waals surface area contributed by atoms with Gasteiger partial charge >= 0.3 is 0 Å². The zero-order valence-corrected chi connectivity index (χ0v) is 12.2. The van der Waals surface area contributed by atoms with Crippen LogP contribution in [-0.2, 0) is 4.79 Å². The third kappa shape index (κ3) is 4.91. The molecule has 0 saturated carbocycles. The van der Waals surface area contributed by atoms with Crippen LogP contribution in [0.1, 0.15) is 32.8 Å². The van der Waals surface area contributed by atoms with E-state index in [1.807, 2.05) is 45.0 Å². The van der Waals surface area contributed by atoms with E-state index in [1.165, 1.54) is 5.56 Å². The first-order chi connectivity index (χ1) is 8.85. The van der Waals surface area contributed by atoms with Crippen LogP contribution in [0, 0.1) is 6.92 Å². The van der Waals surface area contributed by atoms with Gasteiger partial charge in [-0.1, -0.05) is 24.6 Å². The van der Waals surface area contributed by atoms with Crippen LogP contribution in [0.3, 0.4) is 0 Å². The molecule has 4 heteroatoms. The van der Waals surface area contributed by atoms with Gasteiger partial charge in [0.05, 0.1) is 11.6 Å². The Morgan fingerprint density at radius 3 is 2.53 bits per heavy atom. The Labute approximate surface area is 115 Å². The Hall–Kier alpha value is -1.55. The summed E-state index contributed by atoms with van der Waals surface area (Å²) in [7, 11) is 0. The third-order valence-corrected chi connectivity index (χ3v) is 3.15. The van der Waals surface area contributed by atoms with Crippen molar-refractivity contribution in [2.75, 3.05) is 6.61 Å². The van der Waals surface area contributed by atoms with E-state index in [2.05, 4.69) is 5.32 Å². The molecule has 0 aromatic heterocycles. The molecule has 106 valence electrons. The van der Waals surface area contributed by atoms with Crippen molar-refractivity contribution in [3.05, 3.63) is 29.8 Å². The molecule has 3 N–H and O–H groups in total. The Balaban J connectivity index is 2.42. The van der Waals surface area contributed by atoms with Gasteiger partial charge in [0.2, 0.25) is 5.91 Å². The maximum atomic E-state index is 11.9. The fraction of sp³-hybridized carbons (Fsp3) is 0.533. The van der Waals surface area contributed by atoms with Gasteiger partial charge in [-0.15, -0.1) is 0 Å². The second-order valence-corrected chi connectivity index (χ2v) is 5.27. The zero-order valence-electron chi connectivity index (χ0n) is 12.2. The molecule has 4 nitrogen and oxygen atoms in total. The molecule has 1 rings (SSSR count). The molecule has 0 saturated heterocycles. The number of hydrogen-bond acceptors (Lipinski definition) is 3. The number of carbonyl (C=O) groups is 1. The number of benzene rings is 1. The molecular formula is C15H24N2O2. The number of amides is 1. The average Bonchev–Trinajstić information content (AvgIpc) is 2.38. The van der Waals surface area contributed by atoms with Crippen LogP contribution < -0.4 is 15.8 Å². The quantitative estimate of drug-likeness (QED) is 0.826. The fourth-order valence-corrected chi connectivity index (χ4v) is 1.45. The molecule has 1 aromatic rings. The van der Waals surface area contributed by atoms with Crippen molar-refractivity contribution in [2.24, 2.45) is 5.73 Å². The molecule has 0 heterocycles. The lowest BCUT2D eigenvalue weighted by Crippen LogP contribution is -2.54. The number of nitrogens with one attached hydrogen (secondary N) is 1. The second-order valence-electron chi connectivity index (χ2n) is 5.27. The van der Waals surface area contributed by atoms with Crippen molar-refractivity contribution in [3.8, 4) is 5.75 Å². The van der Waals surface area contributed by atoms with E-state index in [-0.39, 0.29) is 11.9 Å². The van der Waals surface area contributed by atoms with E-state index >= 15 is 0 Å². The summed E-state index contributed by atoms with van der Waals surface area (Å²) in [4.78, 5) is 11.9. The van der Waals surface area contributed by atoms with Crippen LogP contribution in [-0.4, -0.2) is 24.1 Å². The van der Waals surface area contributed by atoms with E-state index in [4.69, 9.17) is 10.5 Å². The SMILES string of the molecule is CCC(C)(N)C(=O)NC(C)COc1ccc(C)cc1. The van der Waals surface area contributed by atoms with Gasteiger partial charge < -0.3 is 15.8 Å². The molecule has 0 radical (unpaired) electrons. The Morgan fingerprint density at radius 2 is 2.00 bits per heavy atom. The third-order valence-electron chi connectivity index (χ3n) is 3.15. The molecule has 0 fully saturated rings. The van der Waals surface area contributed by atoms with Gasteiger partial charge in [0, 0.05) is 0 Å².